The summed E-state index contributed by atoms with van der Waals surface area (Å²) in [5.41, 5.74) is 0.988. The van der Waals surface area contributed by atoms with Crippen LogP contribution >= 0.6 is 15.9 Å². The van der Waals surface area contributed by atoms with Crippen molar-refractivity contribution in [1.82, 2.24) is 9.55 Å². The largest absolute Gasteiger partial charge is 0.302 e. The molecule has 0 amide bonds. The van der Waals surface area contributed by atoms with Crippen LogP contribution in [-0.4, -0.2) is 9.55 Å². The van der Waals surface area contributed by atoms with Gasteiger partial charge in [-0.1, -0.05) is 6.58 Å². The van der Waals surface area contributed by atoms with Crippen molar-refractivity contribution in [1.29, 1.82) is 0 Å². The fraction of sp³-hybridized carbons (Fsp3) is 0.167. The van der Waals surface area contributed by atoms with Crippen LogP contribution in [0.15, 0.2) is 17.5 Å². The molecule has 0 aromatic carbocycles. The van der Waals surface area contributed by atoms with E-state index in [1.165, 1.54) is 0 Å². The quantitative estimate of drug-likeness (QED) is 0.657. The summed E-state index contributed by atoms with van der Waals surface area (Å²) >= 11 is 3.26. The van der Waals surface area contributed by atoms with Crippen molar-refractivity contribution in [3.8, 4) is 0 Å². The molecule has 48 valence electrons. The maximum Gasteiger partial charge on any atom is 0.181 e. The summed E-state index contributed by atoms with van der Waals surface area (Å²) in [5.74, 6) is 0. The molecule has 0 unspecified atom stereocenters. The van der Waals surface area contributed by atoms with Crippen LogP contribution in [0.3, 0.4) is 0 Å². The molecule has 0 saturated carbocycles. The van der Waals surface area contributed by atoms with Crippen LogP contribution in [-0.2, 0) is 0 Å². The standard InChI is InChI=1S/C6H7BrN2/c1-3-9-4-5(2)8-6(9)7/h3-4H,1H2,2H3. The molecule has 2 nitrogen and oxygen atoms in total. The predicted octanol–water partition coefficient (Wildman–Crippen LogP) is 2.05. The molecule has 0 N–H and O–H groups in total. The fourth-order valence-corrected chi connectivity index (χ4v) is 1.14. The normalized spacial score (nSPS) is 9.56. The fourth-order valence-electron chi connectivity index (χ4n) is 0.615. The van der Waals surface area contributed by atoms with Crippen LogP contribution in [0.1, 0.15) is 5.69 Å². The van der Waals surface area contributed by atoms with Crippen molar-refractivity contribution < 1.29 is 0 Å². The van der Waals surface area contributed by atoms with Gasteiger partial charge in [0.05, 0.1) is 5.69 Å². The van der Waals surface area contributed by atoms with Crippen LogP contribution in [0.2, 0.25) is 0 Å². The molecule has 0 aliphatic carbocycles. The van der Waals surface area contributed by atoms with Gasteiger partial charge in [0.1, 0.15) is 0 Å². The molecule has 1 aromatic rings. The first-order chi connectivity index (χ1) is 4.24. The highest BCUT2D eigenvalue weighted by molar-refractivity contribution is 9.10. The van der Waals surface area contributed by atoms with Gasteiger partial charge in [-0.25, -0.2) is 4.98 Å². The van der Waals surface area contributed by atoms with E-state index in [0.29, 0.717) is 0 Å². The SMILES string of the molecule is C=Cn1cc(C)nc1Br. The van der Waals surface area contributed by atoms with Crippen molar-refractivity contribution in [2.75, 3.05) is 0 Å². The number of aryl methyl sites for hydroxylation is 1. The van der Waals surface area contributed by atoms with E-state index in [9.17, 15) is 0 Å². The Kier molecular flexibility index (Phi) is 1.71. The second-order valence-corrected chi connectivity index (χ2v) is 2.45. The zero-order chi connectivity index (χ0) is 6.85. The van der Waals surface area contributed by atoms with Crippen molar-refractivity contribution in [3.05, 3.63) is 23.2 Å². The number of halogens is 1. The van der Waals surface area contributed by atoms with E-state index in [-0.39, 0.29) is 0 Å². The Labute approximate surface area is 62.3 Å². The van der Waals surface area contributed by atoms with Gasteiger partial charge in [-0.15, -0.1) is 0 Å². The van der Waals surface area contributed by atoms with Crippen molar-refractivity contribution in [3.63, 3.8) is 0 Å². The molecule has 0 aliphatic rings. The minimum Gasteiger partial charge on any atom is -0.302 e. The molecule has 0 bridgehead atoms. The Morgan fingerprint density at radius 1 is 1.89 bits per heavy atom. The Bertz CT molecular complexity index is 227. The van der Waals surface area contributed by atoms with Crippen molar-refractivity contribution in [2.45, 2.75) is 6.92 Å². The first-order valence-corrected chi connectivity index (χ1v) is 3.37. The number of hydrogen-bond acceptors (Lipinski definition) is 1. The summed E-state index contributed by atoms with van der Waals surface area (Å²) in [6.07, 6.45) is 3.60. The van der Waals surface area contributed by atoms with E-state index < -0.39 is 0 Å². The summed E-state index contributed by atoms with van der Waals surface area (Å²) in [7, 11) is 0. The smallest absolute Gasteiger partial charge is 0.181 e. The first kappa shape index (κ1) is 6.55. The van der Waals surface area contributed by atoms with Gasteiger partial charge in [-0.3, -0.25) is 0 Å². The lowest BCUT2D eigenvalue weighted by Crippen LogP contribution is -1.79. The van der Waals surface area contributed by atoms with Gasteiger partial charge in [0, 0.05) is 12.4 Å². The predicted molar refractivity (Wildman–Crippen MR) is 41.1 cm³/mol. The topological polar surface area (TPSA) is 17.8 Å². The lowest BCUT2D eigenvalue weighted by atomic mass is 10.6. The summed E-state index contributed by atoms with van der Waals surface area (Å²) in [5, 5.41) is 0. The zero-order valence-electron chi connectivity index (χ0n) is 5.13. The highest BCUT2D eigenvalue weighted by Gasteiger charge is 1.95. The van der Waals surface area contributed by atoms with Gasteiger partial charge >= 0.3 is 0 Å². The number of nitrogens with zero attached hydrogens (tertiary/aromatic N) is 2. The first-order valence-electron chi connectivity index (χ1n) is 2.57. The van der Waals surface area contributed by atoms with Crippen LogP contribution in [0.4, 0.5) is 0 Å². The molecule has 9 heavy (non-hydrogen) atoms. The molecule has 0 aliphatic heterocycles. The van der Waals surface area contributed by atoms with Crippen LogP contribution < -0.4 is 0 Å². The minimum atomic E-state index is 0.801. The average molecular weight is 187 g/mol. The molecule has 0 atom stereocenters. The number of imidazole rings is 1. The highest BCUT2D eigenvalue weighted by atomic mass is 79.9. The van der Waals surface area contributed by atoms with Gasteiger partial charge in [-0.05, 0) is 22.9 Å². The molecule has 3 heteroatoms. The van der Waals surface area contributed by atoms with E-state index in [1.807, 2.05) is 17.7 Å². The third-order valence-electron chi connectivity index (χ3n) is 1.00. The molecule has 1 aromatic heterocycles. The monoisotopic (exact) mass is 186 g/mol. The van der Waals surface area contributed by atoms with Gasteiger partial charge < -0.3 is 4.57 Å². The van der Waals surface area contributed by atoms with E-state index in [0.717, 1.165) is 10.4 Å². The lowest BCUT2D eigenvalue weighted by molar-refractivity contribution is 1.08. The number of rotatable bonds is 1. The summed E-state index contributed by atoms with van der Waals surface area (Å²) in [4.78, 5) is 4.09. The second-order valence-electron chi connectivity index (χ2n) is 1.74. The number of aromatic nitrogens is 2. The molecular weight excluding hydrogens is 180 g/mol. The van der Waals surface area contributed by atoms with Crippen LogP contribution in [0.25, 0.3) is 6.20 Å². The lowest BCUT2D eigenvalue weighted by Gasteiger charge is -1.88. The Morgan fingerprint density at radius 2 is 2.56 bits per heavy atom. The third-order valence-corrected chi connectivity index (χ3v) is 1.59. The Hall–Kier alpha value is -0.570. The van der Waals surface area contributed by atoms with Gasteiger partial charge in [-0.2, -0.15) is 0 Å². The van der Waals surface area contributed by atoms with Crippen molar-refractivity contribution >= 4 is 22.1 Å². The molecule has 0 spiro atoms. The van der Waals surface area contributed by atoms with E-state index in [1.54, 1.807) is 6.20 Å². The average Bonchev–Trinajstić information content (AvgIpc) is 2.10. The molecule has 0 fully saturated rings. The maximum atomic E-state index is 4.09. The summed E-state index contributed by atoms with van der Waals surface area (Å²) < 4.78 is 2.62. The zero-order valence-corrected chi connectivity index (χ0v) is 6.72. The number of hydrogen-bond donors (Lipinski definition) is 0. The second kappa shape index (κ2) is 2.35. The summed E-state index contributed by atoms with van der Waals surface area (Å²) in [6, 6.07) is 0. The third kappa shape index (κ3) is 1.21. The highest BCUT2D eigenvalue weighted by Crippen LogP contribution is 2.08. The van der Waals surface area contributed by atoms with E-state index >= 15 is 0 Å². The van der Waals surface area contributed by atoms with E-state index in [4.69, 9.17) is 0 Å². The van der Waals surface area contributed by atoms with Crippen LogP contribution in [0.5, 0.6) is 0 Å². The maximum absolute atomic E-state index is 4.09. The Balaban J connectivity index is 3.15. The van der Waals surface area contributed by atoms with Crippen LogP contribution in [0, 0.1) is 6.92 Å². The molecule has 0 radical (unpaired) electrons. The molecule has 1 heterocycles. The molecular formula is C6H7BrN2. The Morgan fingerprint density at radius 3 is 2.78 bits per heavy atom. The van der Waals surface area contributed by atoms with Crippen molar-refractivity contribution in [2.24, 2.45) is 0 Å². The van der Waals surface area contributed by atoms with Gasteiger partial charge in [0.25, 0.3) is 0 Å². The van der Waals surface area contributed by atoms with Gasteiger partial charge in [0.15, 0.2) is 4.73 Å². The van der Waals surface area contributed by atoms with Gasteiger partial charge in [0.2, 0.25) is 0 Å². The summed E-state index contributed by atoms with van der Waals surface area (Å²) in [6.45, 7) is 5.53. The van der Waals surface area contributed by atoms with E-state index in [2.05, 4.69) is 27.5 Å². The minimum absolute atomic E-state index is 0.801. The molecule has 0 saturated heterocycles. The molecule has 1 rings (SSSR count).